The van der Waals surface area contributed by atoms with E-state index in [4.69, 9.17) is 5.73 Å². The molecule has 0 aliphatic heterocycles. The van der Waals surface area contributed by atoms with Crippen molar-refractivity contribution in [2.24, 2.45) is 11.7 Å². The largest absolute Gasteiger partial charge is 0.353 e. The van der Waals surface area contributed by atoms with Gasteiger partial charge in [0.05, 0.1) is 0 Å². The van der Waals surface area contributed by atoms with E-state index in [1.54, 1.807) is 6.08 Å². The molecule has 3 heteroatoms. The molecule has 0 aliphatic rings. The van der Waals surface area contributed by atoms with E-state index in [1.807, 2.05) is 0 Å². The molecular formula is C11H22N2O. The molecule has 0 radical (unpaired) electrons. The Morgan fingerprint density at radius 2 is 2.29 bits per heavy atom. The zero-order valence-electron chi connectivity index (χ0n) is 9.09. The van der Waals surface area contributed by atoms with Gasteiger partial charge in [-0.25, -0.2) is 0 Å². The van der Waals surface area contributed by atoms with Gasteiger partial charge in [-0.3, -0.25) is 4.79 Å². The van der Waals surface area contributed by atoms with Gasteiger partial charge in [-0.15, -0.1) is 6.58 Å². The van der Waals surface area contributed by atoms with Crippen molar-refractivity contribution in [1.82, 2.24) is 5.32 Å². The normalized spacial score (nSPS) is 12.1. The summed E-state index contributed by atoms with van der Waals surface area (Å²) >= 11 is 0. The maximum atomic E-state index is 11.2. The molecule has 0 saturated carbocycles. The zero-order valence-corrected chi connectivity index (χ0v) is 9.09. The van der Waals surface area contributed by atoms with Crippen molar-refractivity contribution in [2.45, 2.75) is 32.6 Å². The van der Waals surface area contributed by atoms with Crippen LogP contribution in [0.3, 0.4) is 0 Å². The third-order valence-electron chi connectivity index (χ3n) is 2.38. The lowest BCUT2D eigenvalue weighted by Gasteiger charge is -2.12. The molecule has 3 nitrogen and oxygen atoms in total. The molecule has 0 bridgehead atoms. The Balaban J connectivity index is 3.56. The number of nitrogens with two attached hydrogens (primary N) is 1. The second-order valence-electron chi connectivity index (χ2n) is 3.48. The van der Waals surface area contributed by atoms with Crippen LogP contribution in [-0.4, -0.2) is 19.0 Å². The molecule has 0 aromatic carbocycles. The van der Waals surface area contributed by atoms with Crippen molar-refractivity contribution in [3.8, 4) is 0 Å². The highest BCUT2D eigenvalue weighted by Crippen LogP contribution is 2.13. The van der Waals surface area contributed by atoms with E-state index in [9.17, 15) is 4.79 Å². The highest BCUT2D eigenvalue weighted by atomic mass is 16.1. The van der Waals surface area contributed by atoms with Crippen molar-refractivity contribution >= 4 is 5.91 Å². The van der Waals surface area contributed by atoms with Crippen LogP contribution < -0.4 is 11.1 Å². The zero-order chi connectivity index (χ0) is 10.8. The second-order valence-corrected chi connectivity index (χ2v) is 3.48. The number of hydrogen-bond donors (Lipinski definition) is 2. The van der Waals surface area contributed by atoms with Crippen molar-refractivity contribution in [3.63, 3.8) is 0 Å². The number of hydrogen-bond acceptors (Lipinski definition) is 2. The van der Waals surface area contributed by atoms with Gasteiger partial charge in [-0.2, -0.15) is 0 Å². The molecule has 0 aliphatic carbocycles. The lowest BCUT2D eigenvalue weighted by molar-refractivity contribution is -0.121. The minimum Gasteiger partial charge on any atom is -0.353 e. The average molecular weight is 198 g/mol. The van der Waals surface area contributed by atoms with Crippen LogP contribution in [0.15, 0.2) is 12.7 Å². The minimum absolute atomic E-state index is 0.111. The van der Waals surface area contributed by atoms with Gasteiger partial charge in [0.1, 0.15) is 0 Å². The molecule has 1 amide bonds. The molecule has 1 unspecified atom stereocenters. The minimum atomic E-state index is 0.111. The Morgan fingerprint density at radius 3 is 2.79 bits per heavy atom. The van der Waals surface area contributed by atoms with Gasteiger partial charge in [0.25, 0.3) is 0 Å². The summed E-state index contributed by atoms with van der Waals surface area (Å²) in [5, 5.41) is 2.77. The van der Waals surface area contributed by atoms with Crippen LogP contribution in [0, 0.1) is 5.92 Å². The Bertz CT molecular complexity index is 169. The van der Waals surface area contributed by atoms with Gasteiger partial charge in [-0.05, 0) is 25.3 Å². The molecule has 0 spiro atoms. The van der Waals surface area contributed by atoms with E-state index in [-0.39, 0.29) is 5.91 Å². The van der Waals surface area contributed by atoms with Crippen LogP contribution in [0.1, 0.15) is 32.6 Å². The van der Waals surface area contributed by atoms with Crippen LogP contribution in [0.25, 0.3) is 0 Å². The Hall–Kier alpha value is -0.830. The van der Waals surface area contributed by atoms with Gasteiger partial charge in [0.15, 0.2) is 0 Å². The predicted octanol–water partition coefficient (Wildman–Crippen LogP) is 1.44. The topological polar surface area (TPSA) is 55.1 Å². The Labute approximate surface area is 86.8 Å². The highest BCUT2D eigenvalue weighted by molar-refractivity contribution is 5.75. The van der Waals surface area contributed by atoms with Crippen LogP contribution in [0.4, 0.5) is 0 Å². The van der Waals surface area contributed by atoms with E-state index >= 15 is 0 Å². The van der Waals surface area contributed by atoms with Gasteiger partial charge in [-0.1, -0.05) is 19.4 Å². The molecular weight excluding hydrogens is 176 g/mol. The SMILES string of the molecule is C=CCNC(=O)CCC(CC)CCN. The summed E-state index contributed by atoms with van der Waals surface area (Å²) in [7, 11) is 0. The van der Waals surface area contributed by atoms with Gasteiger partial charge < -0.3 is 11.1 Å². The van der Waals surface area contributed by atoms with Gasteiger partial charge in [0, 0.05) is 13.0 Å². The molecule has 0 aromatic rings. The van der Waals surface area contributed by atoms with E-state index in [0.29, 0.717) is 25.4 Å². The third kappa shape index (κ3) is 6.66. The maximum Gasteiger partial charge on any atom is 0.220 e. The number of carbonyl (C=O) groups is 1. The summed E-state index contributed by atoms with van der Waals surface area (Å²) in [6, 6.07) is 0. The van der Waals surface area contributed by atoms with Gasteiger partial charge in [0.2, 0.25) is 5.91 Å². The molecule has 3 N–H and O–H groups in total. The van der Waals surface area contributed by atoms with E-state index < -0.39 is 0 Å². The fraction of sp³-hybridized carbons (Fsp3) is 0.727. The van der Waals surface area contributed by atoms with Crippen molar-refractivity contribution in [3.05, 3.63) is 12.7 Å². The first-order valence-electron chi connectivity index (χ1n) is 5.32. The molecule has 0 rings (SSSR count). The van der Waals surface area contributed by atoms with E-state index in [1.165, 1.54) is 0 Å². The van der Waals surface area contributed by atoms with E-state index in [2.05, 4.69) is 18.8 Å². The summed E-state index contributed by atoms with van der Waals surface area (Å²) in [5.41, 5.74) is 5.48. The van der Waals surface area contributed by atoms with Crippen LogP contribution >= 0.6 is 0 Å². The maximum absolute atomic E-state index is 11.2. The first-order valence-corrected chi connectivity index (χ1v) is 5.32. The first kappa shape index (κ1) is 13.2. The second kappa shape index (κ2) is 8.75. The van der Waals surface area contributed by atoms with E-state index in [0.717, 1.165) is 19.3 Å². The number of amides is 1. The van der Waals surface area contributed by atoms with Gasteiger partial charge >= 0.3 is 0 Å². The molecule has 0 saturated heterocycles. The lowest BCUT2D eigenvalue weighted by Crippen LogP contribution is -2.23. The smallest absolute Gasteiger partial charge is 0.220 e. The monoisotopic (exact) mass is 198 g/mol. The van der Waals surface area contributed by atoms with Crippen molar-refractivity contribution in [2.75, 3.05) is 13.1 Å². The molecule has 0 heterocycles. The van der Waals surface area contributed by atoms with Crippen molar-refractivity contribution < 1.29 is 4.79 Å². The predicted molar refractivity (Wildman–Crippen MR) is 59.9 cm³/mol. The Morgan fingerprint density at radius 1 is 1.57 bits per heavy atom. The fourth-order valence-corrected chi connectivity index (χ4v) is 1.40. The third-order valence-corrected chi connectivity index (χ3v) is 2.38. The number of carbonyl (C=O) groups excluding carboxylic acids is 1. The van der Waals surface area contributed by atoms with Crippen molar-refractivity contribution in [1.29, 1.82) is 0 Å². The van der Waals surface area contributed by atoms with Crippen LogP contribution in [-0.2, 0) is 4.79 Å². The number of rotatable bonds is 8. The standard InChI is InChI=1S/C11H22N2O/c1-3-9-13-11(14)6-5-10(4-2)7-8-12/h3,10H,1,4-9,12H2,2H3,(H,13,14). The molecule has 14 heavy (non-hydrogen) atoms. The molecule has 82 valence electrons. The van der Waals surface area contributed by atoms with Crippen LogP contribution in [0.5, 0.6) is 0 Å². The van der Waals surface area contributed by atoms with Crippen LogP contribution in [0.2, 0.25) is 0 Å². The molecule has 1 atom stereocenters. The first-order chi connectivity index (χ1) is 6.74. The molecule has 0 aromatic heterocycles. The summed E-state index contributed by atoms with van der Waals surface area (Å²) in [5.74, 6) is 0.704. The summed E-state index contributed by atoms with van der Waals surface area (Å²) in [6.45, 7) is 6.96. The summed E-state index contributed by atoms with van der Waals surface area (Å²) in [4.78, 5) is 11.2. The quantitative estimate of drug-likeness (QED) is 0.580. The Kier molecular flexibility index (Phi) is 8.24. The highest BCUT2D eigenvalue weighted by Gasteiger charge is 2.07. The fourth-order valence-electron chi connectivity index (χ4n) is 1.40. The summed E-state index contributed by atoms with van der Waals surface area (Å²) < 4.78 is 0. The lowest BCUT2D eigenvalue weighted by atomic mass is 9.96. The average Bonchev–Trinajstić information content (AvgIpc) is 2.21. The number of nitrogens with one attached hydrogen (secondary N) is 1. The summed E-state index contributed by atoms with van der Waals surface area (Å²) in [6.07, 6.45) is 5.36. The molecule has 0 fully saturated rings.